The van der Waals surface area contributed by atoms with Gasteiger partial charge in [0.25, 0.3) is 5.69 Å². The van der Waals surface area contributed by atoms with Crippen LogP contribution >= 0.6 is 0 Å². The van der Waals surface area contributed by atoms with Gasteiger partial charge in [-0.05, 0) is 17.7 Å². The third kappa shape index (κ3) is 4.32. The van der Waals surface area contributed by atoms with Gasteiger partial charge in [-0.3, -0.25) is 0 Å². The van der Waals surface area contributed by atoms with Crippen molar-refractivity contribution in [2.45, 2.75) is 52.4 Å². The van der Waals surface area contributed by atoms with E-state index < -0.39 is 0 Å². The Morgan fingerprint density at radius 2 is 1.78 bits per heavy atom. The first kappa shape index (κ1) is 19.0. The number of unbranched alkanes of at least 4 members (excludes halogenated alkanes) is 5. The predicted molar refractivity (Wildman–Crippen MR) is 110 cm³/mol. The van der Waals surface area contributed by atoms with Crippen molar-refractivity contribution in [1.82, 2.24) is 14.6 Å². The number of azo groups is 2. The predicted octanol–water partition coefficient (Wildman–Crippen LogP) is 5.72. The van der Waals surface area contributed by atoms with Crippen molar-refractivity contribution >= 4 is 22.8 Å². The molecule has 0 aliphatic carbocycles. The second-order valence-electron chi connectivity index (χ2n) is 6.92. The van der Waals surface area contributed by atoms with E-state index in [4.69, 9.17) is 5.73 Å². The van der Waals surface area contributed by atoms with Gasteiger partial charge in [-0.2, -0.15) is 0 Å². The van der Waals surface area contributed by atoms with Gasteiger partial charge in [0.15, 0.2) is 7.05 Å². The number of fused-ring (bicyclic) bond motifs is 2. The molecule has 0 saturated heterocycles. The normalized spacial score (nSPS) is 12.0. The molecule has 142 valence electrons. The molecule has 0 fully saturated rings. The number of hydrogen-bond donors (Lipinski definition) is 1. The average Bonchev–Trinajstić information content (AvgIpc) is 3.08. The van der Waals surface area contributed by atoms with Crippen LogP contribution in [0.5, 0.6) is 0 Å². The molecule has 0 radical (unpaired) electrons. The second-order valence-corrected chi connectivity index (χ2v) is 6.92. The van der Waals surface area contributed by atoms with Crippen LogP contribution in [0.25, 0.3) is 16.6 Å². The van der Waals surface area contributed by atoms with E-state index in [-0.39, 0.29) is 5.95 Å². The number of rotatable bonds is 6. The van der Waals surface area contributed by atoms with Gasteiger partial charge in [0.2, 0.25) is 11.6 Å². The summed E-state index contributed by atoms with van der Waals surface area (Å²) in [6.07, 6.45) is 12.1. The molecule has 1 aliphatic heterocycles. The molecule has 0 spiro atoms. The summed E-state index contributed by atoms with van der Waals surface area (Å²) in [4.78, 5) is 4.05. The van der Waals surface area contributed by atoms with E-state index in [1.165, 1.54) is 38.5 Å². The number of nitrogens with zero attached hydrogens (tertiary/aromatic N) is 5. The van der Waals surface area contributed by atoms with Crippen molar-refractivity contribution in [3.8, 4) is 11.1 Å². The Balaban J connectivity index is 0.000000226. The topological polar surface area (TPSA) is 71.6 Å². The van der Waals surface area contributed by atoms with Gasteiger partial charge in [0.05, 0.1) is 11.7 Å². The fraction of sp³-hybridized carbons (Fsp3) is 0.429. The summed E-state index contributed by atoms with van der Waals surface area (Å²) in [5, 5.41) is 8.41. The third-order valence-electron chi connectivity index (χ3n) is 4.78. The van der Waals surface area contributed by atoms with Gasteiger partial charge in [0, 0.05) is 22.9 Å². The maximum Gasteiger partial charge on any atom is 0.263 e. The number of hydrogen-bond acceptors (Lipinski definition) is 4. The number of aromatic nitrogens is 3. The van der Waals surface area contributed by atoms with Gasteiger partial charge >= 0.3 is 0 Å². The quantitative estimate of drug-likeness (QED) is 0.449. The molecule has 0 unspecified atom stereocenters. The smallest absolute Gasteiger partial charge is 0.263 e. The number of nitrogens with two attached hydrogens (primary N) is 1. The molecule has 27 heavy (non-hydrogen) atoms. The van der Waals surface area contributed by atoms with Crippen LogP contribution in [0.2, 0.25) is 0 Å². The monoisotopic (exact) mass is 365 g/mol. The van der Waals surface area contributed by atoms with E-state index in [2.05, 4.69) is 41.2 Å². The molecular formula is C21H29N6+. The lowest BCUT2D eigenvalue weighted by atomic mass is 10.1. The van der Waals surface area contributed by atoms with E-state index in [0.29, 0.717) is 0 Å². The lowest BCUT2D eigenvalue weighted by molar-refractivity contribution is -0.494. The fourth-order valence-electron chi connectivity index (χ4n) is 3.22. The largest absolute Gasteiger partial charge is 0.367 e. The molecular weight excluding hydrogens is 336 g/mol. The molecule has 4 rings (SSSR count). The minimum Gasteiger partial charge on any atom is -0.367 e. The highest BCUT2D eigenvalue weighted by Crippen LogP contribution is 2.39. The van der Waals surface area contributed by atoms with Crippen molar-refractivity contribution in [1.29, 1.82) is 0 Å². The van der Waals surface area contributed by atoms with Gasteiger partial charge < -0.3 is 5.73 Å². The lowest BCUT2D eigenvalue weighted by Gasteiger charge is -2.08. The Kier molecular flexibility index (Phi) is 6.16. The highest BCUT2D eigenvalue weighted by Gasteiger charge is 2.25. The first-order chi connectivity index (χ1) is 13.1. The van der Waals surface area contributed by atoms with Crippen LogP contribution in [0.4, 0.5) is 17.3 Å². The lowest BCUT2D eigenvalue weighted by Crippen LogP contribution is -2.02. The van der Waals surface area contributed by atoms with E-state index >= 15 is 0 Å². The van der Waals surface area contributed by atoms with Gasteiger partial charge in [-0.25, -0.2) is 9.50 Å². The van der Waals surface area contributed by atoms with Crippen molar-refractivity contribution < 1.29 is 4.70 Å². The zero-order valence-electron chi connectivity index (χ0n) is 16.5. The zero-order valence-corrected chi connectivity index (χ0v) is 16.5. The van der Waals surface area contributed by atoms with Crippen LogP contribution in [0, 0.1) is 0 Å². The SMILES string of the molecule is CCCCCCCC.C[N+]1=Nc2ccc(-c3ccn4nc(N)ncc34)cc21. The minimum atomic E-state index is 0.269. The molecule has 0 saturated carbocycles. The standard InChI is InChI=1S/C13H11N6.C8H18/c1-18-11-6-8(2-3-10(11)16-18)9-4-5-19-12(9)7-15-13(14)17-19;1-3-5-7-8-6-4-2/h2-7H,1H3,(H2,14,15,17);3-8H2,1-2H3/q+1;. The molecule has 2 N–H and O–H groups in total. The Morgan fingerprint density at radius 1 is 1.04 bits per heavy atom. The Hall–Kier alpha value is -2.76. The van der Waals surface area contributed by atoms with Crippen LogP contribution in [-0.4, -0.2) is 26.3 Å². The van der Waals surface area contributed by atoms with E-state index in [0.717, 1.165) is 28.0 Å². The number of benzene rings is 1. The van der Waals surface area contributed by atoms with E-state index in [1.54, 1.807) is 10.7 Å². The third-order valence-corrected chi connectivity index (χ3v) is 4.78. The van der Waals surface area contributed by atoms with Crippen LogP contribution in [-0.2, 0) is 0 Å². The number of anilines is 1. The minimum absolute atomic E-state index is 0.269. The molecule has 0 bridgehead atoms. The first-order valence-electron chi connectivity index (χ1n) is 9.83. The van der Waals surface area contributed by atoms with Crippen molar-refractivity contribution in [3.63, 3.8) is 0 Å². The second kappa shape index (κ2) is 8.75. The Morgan fingerprint density at radius 3 is 2.44 bits per heavy atom. The Bertz CT molecular complexity index is 935. The molecule has 6 heteroatoms. The summed E-state index contributed by atoms with van der Waals surface area (Å²) >= 11 is 0. The summed E-state index contributed by atoms with van der Waals surface area (Å²) in [7, 11) is 1.94. The molecule has 0 amide bonds. The summed E-state index contributed by atoms with van der Waals surface area (Å²) < 4.78 is 3.61. The van der Waals surface area contributed by atoms with Crippen molar-refractivity contribution in [2.75, 3.05) is 12.8 Å². The summed E-state index contributed by atoms with van der Waals surface area (Å²) in [5.41, 5.74) is 10.9. The molecule has 1 aliphatic rings. The van der Waals surface area contributed by atoms with Crippen LogP contribution in [0.3, 0.4) is 0 Å². The zero-order chi connectivity index (χ0) is 19.2. The van der Waals surface area contributed by atoms with E-state index in [1.807, 2.05) is 30.1 Å². The van der Waals surface area contributed by atoms with Crippen molar-refractivity contribution in [3.05, 3.63) is 36.7 Å². The summed E-state index contributed by atoms with van der Waals surface area (Å²) in [5.74, 6) is 0.269. The molecule has 3 aromatic rings. The van der Waals surface area contributed by atoms with Crippen LogP contribution < -0.4 is 5.73 Å². The molecule has 6 nitrogen and oxygen atoms in total. The summed E-state index contributed by atoms with van der Waals surface area (Å²) in [6, 6.07) is 8.21. The highest BCUT2D eigenvalue weighted by molar-refractivity contribution is 5.83. The fourth-order valence-corrected chi connectivity index (χ4v) is 3.22. The number of nitrogen functional groups attached to an aromatic ring is 1. The summed E-state index contributed by atoms with van der Waals surface area (Å²) in [6.45, 7) is 4.51. The molecule has 3 heterocycles. The maximum atomic E-state index is 5.58. The van der Waals surface area contributed by atoms with Gasteiger partial charge in [-0.15, -0.1) is 5.10 Å². The Labute approximate surface area is 160 Å². The average molecular weight is 366 g/mol. The van der Waals surface area contributed by atoms with Crippen LogP contribution in [0.15, 0.2) is 41.8 Å². The van der Waals surface area contributed by atoms with Crippen molar-refractivity contribution in [2.24, 2.45) is 5.11 Å². The molecule has 2 aromatic heterocycles. The molecule has 1 aromatic carbocycles. The van der Waals surface area contributed by atoms with Crippen LogP contribution in [0.1, 0.15) is 52.4 Å². The van der Waals surface area contributed by atoms with E-state index in [9.17, 15) is 0 Å². The van der Waals surface area contributed by atoms with Gasteiger partial charge in [0.1, 0.15) is 0 Å². The maximum absolute atomic E-state index is 5.58. The molecule has 0 atom stereocenters. The highest BCUT2D eigenvalue weighted by atomic mass is 15.3. The van der Waals surface area contributed by atoms with Gasteiger partial charge in [-0.1, -0.05) is 63.1 Å². The first-order valence-corrected chi connectivity index (χ1v) is 9.83.